The minimum Gasteiger partial charge on any atom is -0.443 e. The summed E-state index contributed by atoms with van der Waals surface area (Å²) in [5.41, 5.74) is -0.132. The van der Waals surface area contributed by atoms with E-state index in [1.807, 2.05) is 20.8 Å². The highest BCUT2D eigenvalue weighted by Gasteiger charge is 2.41. The summed E-state index contributed by atoms with van der Waals surface area (Å²) in [6.45, 7) is 5.84. The highest BCUT2D eigenvalue weighted by atomic mass is 16.6. The summed E-state index contributed by atoms with van der Waals surface area (Å²) in [5.74, 6) is 0. The zero-order valence-corrected chi connectivity index (χ0v) is 7.63. The normalized spacial score (nSPS) is 29.8. The van der Waals surface area contributed by atoms with Gasteiger partial charge in [-0.05, 0) is 0 Å². The molecule has 0 aromatic carbocycles. The van der Waals surface area contributed by atoms with E-state index < -0.39 is 6.09 Å². The Labute approximate surface area is 71.9 Å². The van der Waals surface area contributed by atoms with Gasteiger partial charge < -0.3 is 15.2 Å². The van der Waals surface area contributed by atoms with Crippen LogP contribution >= 0.6 is 0 Å². The van der Waals surface area contributed by atoms with Crippen molar-refractivity contribution in [2.75, 3.05) is 6.61 Å². The minimum absolute atomic E-state index is 0.0757. The van der Waals surface area contributed by atoms with E-state index in [1.165, 1.54) is 0 Å². The minimum atomic E-state index is -0.436. The predicted octanol–water partition coefficient (Wildman–Crippen LogP) is 0.502. The summed E-state index contributed by atoms with van der Waals surface area (Å²) in [5, 5.41) is 11.5. The maximum atomic E-state index is 10.8. The molecule has 1 aliphatic heterocycles. The molecule has 1 saturated heterocycles. The van der Waals surface area contributed by atoms with E-state index >= 15 is 0 Å². The van der Waals surface area contributed by atoms with Crippen LogP contribution in [0.15, 0.2) is 0 Å². The van der Waals surface area contributed by atoms with E-state index in [4.69, 9.17) is 9.84 Å². The largest absolute Gasteiger partial charge is 0.443 e. The molecule has 2 atom stereocenters. The monoisotopic (exact) mass is 173 g/mol. The average molecular weight is 173 g/mol. The molecule has 70 valence electrons. The Morgan fingerprint density at radius 3 is 2.50 bits per heavy atom. The van der Waals surface area contributed by atoms with Crippen molar-refractivity contribution >= 4 is 6.09 Å². The Balaban J connectivity index is 2.70. The van der Waals surface area contributed by atoms with Crippen molar-refractivity contribution in [3.8, 4) is 0 Å². The Bertz CT molecular complexity index is 185. The topological polar surface area (TPSA) is 58.6 Å². The van der Waals surface area contributed by atoms with Crippen molar-refractivity contribution in [2.24, 2.45) is 5.41 Å². The summed E-state index contributed by atoms with van der Waals surface area (Å²) < 4.78 is 5.02. The molecular formula is C8H15NO3. The van der Waals surface area contributed by atoms with Gasteiger partial charge in [0, 0.05) is 5.41 Å². The quantitative estimate of drug-likeness (QED) is 0.607. The van der Waals surface area contributed by atoms with Crippen LogP contribution in [0.5, 0.6) is 0 Å². The van der Waals surface area contributed by atoms with Crippen LogP contribution in [0.25, 0.3) is 0 Å². The number of hydrogen-bond donors (Lipinski definition) is 2. The number of hydrogen-bond acceptors (Lipinski definition) is 3. The summed E-state index contributed by atoms with van der Waals surface area (Å²) >= 11 is 0. The average Bonchev–Trinajstić information content (AvgIpc) is 2.29. The van der Waals surface area contributed by atoms with Gasteiger partial charge >= 0.3 is 6.09 Å². The Hall–Kier alpha value is -0.770. The maximum absolute atomic E-state index is 10.8. The zero-order chi connectivity index (χ0) is 9.35. The molecule has 0 saturated carbocycles. The van der Waals surface area contributed by atoms with Crippen molar-refractivity contribution in [1.29, 1.82) is 0 Å². The third-order valence-electron chi connectivity index (χ3n) is 1.95. The van der Waals surface area contributed by atoms with E-state index in [1.54, 1.807) is 0 Å². The number of amides is 1. The van der Waals surface area contributed by atoms with E-state index in [0.717, 1.165) is 0 Å². The number of aliphatic hydroxyl groups excluding tert-OH is 1. The van der Waals surface area contributed by atoms with Gasteiger partial charge in [0.05, 0.1) is 12.6 Å². The van der Waals surface area contributed by atoms with Crippen LogP contribution in [-0.2, 0) is 4.74 Å². The number of ether oxygens (including phenoxy) is 1. The van der Waals surface area contributed by atoms with Gasteiger partial charge in [-0.3, -0.25) is 0 Å². The fraction of sp³-hybridized carbons (Fsp3) is 0.875. The third-order valence-corrected chi connectivity index (χ3v) is 1.95. The lowest BCUT2D eigenvalue weighted by Gasteiger charge is -2.28. The highest BCUT2D eigenvalue weighted by Crippen LogP contribution is 2.28. The standard InChI is InChI=1S/C8H15NO3/c1-8(2,3)6-5(4-10)9-7(11)12-6/h5-6,10H,4H2,1-3H3,(H,9,11). The second-order valence-corrected chi connectivity index (χ2v) is 4.13. The summed E-state index contributed by atoms with van der Waals surface area (Å²) in [6.07, 6.45) is -0.677. The number of carbonyl (C=O) groups is 1. The van der Waals surface area contributed by atoms with Gasteiger partial charge in [0.1, 0.15) is 6.10 Å². The van der Waals surface area contributed by atoms with E-state index in [-0.39, 0.29) is 24.2 Å². The molecule has 0 aliphatic carbocycles. The van der Waals surface area contributed by atoms with Gasteiger partial charge in [-0.1, -0.05) is 20.8 Å². The molecule has 1 fully saturated rings. The molecule has 0 bridgehead atoms. The number of rotatable bonds is 1. The van der Waals surface area contributed by atoms with Gasteiger partial charge in [0.15, 0.2) is 0 Å². The Morgan fingerprint density at radius 1 is 1.58 bits per heavy atom. The number of aliphatic hydroxyl groups is 1. The molecule has 2 unspecified atom stereocenters. The molecule has 1 rings (SSSR count). The first-order valence-corrected chi connectivity index (χ1v) is 4.03. The summed E-state index contributed by atoms with van der Waals surface area (Å²) in [6, 6.07) is -0.266. The molecule has 4 heteroatoms. The van der Waals surface area contributed by atoms with Gasteiger partial charge in [-0.15, -0.1) is 0 Å². The number of carbonyl (C=O) groups excluding carboxylic acids is 1. The highest BCUT2D eigenvalue weighted by molar-refractivity contribution is 5.70. The van der Waals surface area contributed by atoms with E-state index in [0.29, 0.717) is 0 Å². The summed E-state index contributed by atoms with van der Waals surface area (Å²) in [7, 11) is 0. The lowest BCUT2D eigenvalue weighted by molar-refractivity contribution is 0.0436. The van der Waals surface area contributed by atoms with Crippen LogP contribution in [0, 0.1) is 5.41 Å². The molecule has 2 N–H and O–H groups in total. The molecule has 12 heavy (non-hydrogen) atoms. The van der Waals surface area contributed by atoms with E-state index in [9.17, 15) is 4.79 Å². The van der Waals surface area contributed by atoms with E-state index in [2.05, 4.69) is 5.32 Å². The van der Waals surface area contributed by atoms with Crippen LogP contribution < -0.4 is 5.32 Å². The molecule has 0 spiro atoms. The van der Waals surface area contributed by atoms with Crippen LogP contribution in [0.2, 0.25) is 0 Å². The second kappa shape index (κ2) is 2.94. The lowest BCUT2D eigenvalue weighted by Crippen LogP contribution is -2.41. The van der Waals surface area contributed by atoms with Crippen molar-refractivity contribution in [3.05, 3.63) is 0 Å². The van der Waals surface area contributed by atoms with Crippen molar-refractivity contribution < 1.29 is 14.6 Å². The first kappa shape index (κ1) is 9.32. The first-order chi connectivity index (χ1) is 5.45. The molecule has 4 nitrogen and oxygen atoms in total. The van der Waals surface area contributed by atoms with Crippen molar-refractivity contribution in [3.63, 3.8) is 0 Å². The lowest BCUT2D eigenvalue weighted by atomic mass is 9.85. The predicted molar refractivity (Wildman–Crippen MR) is 43.7 cm³/mol. The molecular weight excluding hydrogens is 158 g/mol. The zero-order valence-electron chi connectivity index (χ0n) is 7.63. The molecule has 0 radical (unpaired) electrons. The van der Waals surface area contributed by atoms with Crippen LogP contribution in [0.1, 0.15) is 20.8 Å². The maximum Gasteiger partial charge on any atom is 0.407 e. The van der Waals surface area contributed by atoms with Crippen molar-refractivity contribution in [1.82, 2.24) is 5.32 Å². The van der Waals surface area contributed by atoms with Gasteiger partial charge in [0.2, 0.25) is 0 Å². The first-order valence-electron chi connectivity index (χ1n) is 4.03. The van der Waals surface area contributed by atoms with Crippen LogP contribution in [-0.4, -0.2) is 30.0 Å². The number of alkyl carbamates (subject to hydrolysis) is 1. The van der Waals surface area contributed by atoms with Gasteiger partial charge in [0.25, 0.3) is 0 Å². The smallest absolute Gasteiger partial charge is 0.407 e. The van der Waals surface area contributed by atoms with Crippen LogP contribution in [0.4, 0.5) is 4.79 Å². The van der Waals surface area contributed by atoms with Gasteiger partial charge in [-0.2, -0.15) is 0 Å². The van der Waals surface area contributed by atoms with Gasteiger partial charge in [-0.25, -0.2) is 4.79 Å². The Morgan fingerprint density at radius 2 is 2.17 bits per heavy atom. The molecule has 0 aromatic heterocycles. The second-order valence-electron chi connectivity index (χ2n) is 4.13. The SMILES string of the molecule is CC(C)(C)C1OC(=O)NC1CO. The molecule has 0 aromatic rings. The number of nitrogens with one attached hydrogen (secondary N) is 1. The molecule has 1 amide bonds. The fourth-order valence-electron chi connectivity index (χ4n) is 1.38. The van der Waals surface area contributed by atoms with Crippen LogP contribution in [0.3, 0.4) is 0 Å². The molecule has 1 aliphatic rings. The summed E-state index contributed by atoms with van der Waals surface area (Å²) in [4.78, 5) is 10.8. The number of cyclic esters (lactones) is 1. The Kier molecular flexibility index (Phi) is 2.28. The van der Waals surface area contributed by atoms with Crippen molar-refractivity contribution in [2.45, 2.75) is 32.9 Å². The third kappa shape index (κ3) is 1.69. The molecule has 1 heterocycles. The fourth-order valence-corrected chi connectivity index (χ4v) is 1.38.